The van der Waals surface area contributed by atoms with Crippen molar-refractivity contribution in [3.8, 4) is 5.75 Å². The van der Waals surface area contributed by atoms with Gasteiger partial charge in [0.25, 0.3) is 0 Å². The number of amides is 1. The molecular weight excluding hydrogens is 300 g/mol. The molecule has 1 rings (SSSR count). The number of carbonyl (C=O) groups is 1. The van der Waals surface area contributed by atoms with Crippen molar-refractivity contribution < 1.29 is 14.6 Å². The van der Waals surface area contributed by atoms with Crippen LogP contribution in [0.4, 0.5) is 0 Å². The Morgan fingerprint density at radius 2 is 2.14 bits per heavy atom. The number of carbonyl (C=O) groups excluding carboxylic acids is 1. The summed E-state index contributed by atoms with van der Waals surface area (Å²) >= 11 is 1.92. The molecule has 0 aliphatic carbocycles. The van der Waals surface area contributed by atoms with E-state index in [9.17, 15) is 9.90 Å². The maximum absolute atomic E-state index is 10.8. The quantitative estimate of drug-likeness (QED) is 0.502. The van der Waals surface area contributed by atoms with Crippen molar-refractivity contribution in [1.82, 2.24) is 5.32 Å². The smallest absolute Gasteiger partial charge is 0.221 e. The predicted molar refractivity (Wildman–Crippen MR) is 91.3 cm³/mol. The Labute approximate surface area is 136 Å². The van der Waals surface area contributed by atoms with Crippen LogP contribution in [0.1, 0.15) is 18.9 Å². The second kappa shape index (κ2) is 11.3. The van der Waals surface area contributed by atoms with Gasteiger partial charge in [0.2, 0.25) is 5.91 Å². The lowest BCUT2D eigenvalue weighted by molar-refractivity contribution is -0.117. The van der Waals surface area contributed by atoms with Gasteiger partial charge >= 0.3 is 0 Å². The summed E-state index contributed by atoms with van der Waals surface area (Å²) in [4.78, 5) is 10.8. The van der Waals surface area contributed by atoms with E-state index in [4.69, 9.17) is 10.5 Å². The number of primary amides is 1. The number of hydrogen-bond acceptors (Lipinski definition) is 5. The van der Waals surface area contributed by atoms with Crippen LogP contribution in [-0.2, 0) is 11.2 Å². The fourth-order valence-electron chi connectivity index (χ4n) is 1.87. The first-order chi connectivity index (χ1) is 10.6. The van der Waals surface area contributed by atoms with Crippen molar-refractivity contribution in [3.63, 3.8) is 0 Å². The molecule has 0 aliphatic heterocycles. The number of thioether (sulfide) groups is 1. The van der Waals surface area contributed by atoms with Crippen molar-refractivity contribution >= 4 is 17.7 Å². The predicted octanol–water partition coefficient (Wildman–Crippen LogP) is 1.19. The monoisotopic (exact) mass is 326 g/mol. The van der Waals surface area contributed by atoms with Gasteiger partial charge in [-0.3, -0.25) is 4.79 Å². The van der Waals surface area contributed by atoms with Crippen molar-refractivity contribution in [2.24, 2.45) is 5.73 Å². The number of ether oxygens (including phenoxy) is 1. The SMILES string of the molecule is CCSCCCNC[C@H](O)COc1ccc(CC(N)=O)cc1. The van der Waals surface area contributed by atoms with Crippen LogP contribution in [0.3, 0.4) is 0 Å². The van der Waals surface area contributed by atoms with E-state index < -0.39 is 6.10 Å². The summed E-state index contributed by atoms with van der Waals surface area (Å²) < 4.78 is 5.51. The summed E-state index contributed by atoms with van der Waals surface area (Å²) in [7, 11) is 0. The van der Waals surface area contributed by atoms with Crippen LogP contribution in [0.25, 0.3) is 0 Å². The maximum Gasteiger partial charge on any atom is 0.221 e. The third-order valence-corrected chi connectivity index (χ3v) is 3.96. The first-order valence-corrected chi connectivity index (χ1v) is 8.74. The Hall–Kier alpha value is -1.24. The molecule has 0 radical (unpaired) electrons. The van der Waals surface area contributed by atoms with Gasteiger partial charge in [-0.1, -0.05) is 19.1 Å². The molecule has 6 heteroatoms. The lowest BCUT2D eigenvalue weighted by atomic mass is 10.1. The third kappa shape index (κ3) is 8.92. The first-order valence-electron chi connectivity index (χ1n) is 7.58. The van der Waals surface area contributed by atoms with Gasteiger partial charge in [-0.05, 0) is 42.2 Å². The van der Waals surface area contributed by atoms with Gasteiger partial charge in [0.15, 0.2) is 0 Å². The van der Waals surface area contributed by atoms with Gasteiger partial charge in [0.1, 0.15) is 18.5 Å². The number of aliphatic hydroxyl groups excluding tert-OH is 1. The summed E-state index contributed by atoms with van der Waals surface area (Å²) in [5, 5.41) is 13.0. The topological polar surface area (TPSA) is 84.6 Å². The highest BCUT2D eigenvalue weighted by Crippen LogP contribution is 2.12. The Bertz CT molecular complexity index is 426. The van der Waals surface area contributed by atoms with Gasteiger partial charge < -0.3 is 20.9 Å². The number of nitrogens with two attached hydrogens (primary N) is 1. The summed E-state index contributed by atoms with van der Waals surface area (Å²) in [6.07, 6.45) is 0.792. The van der Waals surface area contributed by atoms with Gasteiger partial charge in [0.05, 0.1) is 6.42 Å². The zero-order valence-electron chi connectivity index (χ0n) is 13.1. The fraction of sp³-hybridized carbons (Fsp3) is 0.562. The average molecular weight is 326 g/mol. The van der Waals surface area contributed by atoms with Crippen LogP contribution in [0, 0.1) is 0 Å². The Balaban J connectivity index is 2.15. The van der Waals surface area contributed by atoms with Crippen LogP contribution in [-0.4, -0.2) is 48.3 Å². The zero-order valence-corrected chi connectivity index (χ0v) is 13.9. The lowest BCUT2D eigenvalue weighted by Gasteiger charge is -2.13. The standard InChI is InChI=1S/C16H26N2O3S/c1-2-22-9-3-8-18-11-14(19)12-21-15-6-4-13(5-7-15)10-16(17)20/h4-7,14,18-19H,2-3,8-12H2,1H3,(H2,17,20)/t14-/m0/s1. The Morgan fingerprint density at radius 1 is 1.41 bits per heavy atom. The molecule has 0 fully saturated rings. The van der Waals surface area contributed by atoms with Crippen molar-refractivity contribution in [2.75, 3.05) is 31.2 Å². The van der Waals surface area contributed by atoms with Crippen LogP contribution in [0.2, 0.25) is 0 Å². The number of hydrogen-bond donors (Lipinski definition) is 3. The number of aliphatic hydroxyl groups is 1. The first kappa shape index (κ1) is 18.8. The van der Waals surface area contributed by atoms with E-state index in [1.807, 2.05) is 11.8 Å². The number of benzene rings is 1. The van der Waals surface area contributed by atoms with Gasteiger partial charge in [0, 0.05) is 6.54 Å². The highest BCUT2D eigenvalue weighted by molar-refractivity contribution is 7.99. The van der Waals surface area contributed by atoms with Crippen molar-refractivity contribution in [2.45, 2.75) is 25.9 Å². The van der Waals surface area contributed by atoms with E-state index in [-0.39, 0.29) is 18.9 Å². The fourth-order valence-corrected chi connectivity index (χ4v) is 2.51. The number of nitrogens with one attached hydrogen (secondary N) is 1. The molecule has 0 saturated carbocycles. The molecule has 0 aliphatic rings. The summed E-state index contributed by atoms with van der Waals surface area (Å²) in [6, 6.07) is 7.16. The van der Waals surface area contributed by atoms with Crippen molar-refractivity contribution in [1.29, 1.82) is 0 Å². The van der Waals surface area contributed by atoms with E-state index in [1.165, 1.54) is 0 Å². The maximum atomic E-state index is 10.8. The molecule has 22 heavy (non-hydrogen) atoms. The minimum atomic E-state index is -0.538. The Morgan fingerprint density at radius 3 is 2.77 bits per heavy atom. The summed E-state index contributed by atoms with van der Waals surface area (Å²) in [6.45, 7) is 3.83. The lowest BCUT2D eigenvalue weighted by Crippen LogP contribution is -2.32. The molecule has 0 unspecified atom stereocenters. The van der Waals surface area contributed by atoms with E-state index in [0.717, 1.165) is 30.0 Å². The number of rotatable bonds is 12. The van der Waals surface area contributed by atoms with E-state index in [2.05, 4.69) is 12.2 Å². The highest BCUT2D eigenvalue weighted by Gasteiger charge is 2.05. The molecule has 124 valence electrons. The van der Waals surface area contributed by atoms with Crippen LogP contribution >= 0.6 is 11.8 Å². The third-order valence-electron chi connectivity index (χ3n) is 2.97. The molecule has 1 aromatic rings. The average Bonchev–Trinajstić information content (AvgIpc) is 2.49. The van der Waals surface area contributed by atoms with Gasteiger partial charge in [-0.25, -0.2) is 0 Å². The van der Waals surface area contributed by atoms with Gasteiger partial charge in [-0.15, -0.1) is 0 Å². The normalized spacial score (nSPS) is 12.1. The molecule has 0 heterocycles. The van der Waals surface area contributed by atoms with Crippen LogP contribution < -0.4 is 15.8 Å². The molecule has 1 aromatic carbocycles. The highest BCUT2D eigenvalue weighted by atomic mass is 32.2. The molecule has 4 N–H and O–H groups in total. The molecule has 5 nitrogen and oxygen atoms in total. The van der Waals surface area contributed by atoms with E-state index >= 15 is 0 Å². The molecular formula is C16H26N2O3S. The molecule has 0 bridgehead atoms. The molecule has 1 atom stereocenters. The summed E-state index contributed by atoms with van der Waals surface area (Å²) in [5.74, 6) is 2.61. The largest absolute Gasteiger partial charge is 0.491 e. The van der Waals surface area contributed by atoms with E-state index in [1.54, 1.807) is 24.3 Å². The molecule has 0 aromatic heterocycles. The Kier molecular flexibility index (Phi) is 9.70. The molecule has 1 amide bonds. The van der Waals surface area contributed by atoms with Crippen LogP contribution in [0.15, 0.2) is 24.3 Å². The zero-order chi connectivity index (χ0) is 16.2. The van der Waals surface area contributed by atoms with Gasteiger partial charge in [-0.2, -0.15) is 11.8 Å². The van der Waals surface area contributed by atoms with Crippen LogP contribution in [0.5, 0.6) is 5.75 Å². The second-order valence-corrected chi connectivity index (χ2v) is 6.40. The van der Waals surface area contributed by atoms with E-state index in [0.29, 0.717) is 12.3 Å². The molecule has 0 saturated heterocycles. The minimum Gasteiger partial charge on any atom is -0.491 e. The second-order valence-electron chi connectivity index (χ2n) is 5.01. The van der Waals surface area contributed by atoms with Crippen molar-refractivity contribution in [3.05, 3.63) is 29.8 Å². The minimum absolute atomic E-state index is 0.225. The summed E-state index contributed by atoms with van der Waals surface area (Å²) in [5.41, 5.74) is 5.99. The molecule has 0 spiro atoms.